The molecule has 2 nitrogen and oxygen atoms in total. The van der Waals surface area contributed by atoms with Crippen molar-refractivity contribution in [1.29, 1.82) is 0 Å². The van der Waals surface area contributed by atoms with Crippen molar-refractivity contribution in [2.75, 3.05) is 6.54 Å². The van der Waals surface area contributed by atoms with Crippen molar-refractivity contribution in [3.8, 4) is 5.75 Å². The molecular formula is C17H21NO. The number of ether oxygens (including phenoxy) is 1. The molecule has 2 aromatic carbocycles. The highest BCUT2D eigenvalue weighted by Crippen LogP contribution is 2.17. The van der Waals surface area contributed by atoms with Gasteiger partial charge in [0.05, 0.1) is 0 Å². The maximum atomic E-state index is 5.79. The molecule has 1 unspecified atom stereocenters. The van der Waals surface area contributed by atoms with Gasteiger partial charge in [0, 0.05) is 6.54 Å². The summed E-state index contributed by atoms with van der Waals surface area (Å²) in [7, 11) is 0. The first-order chi connectivity index (χ1) is 9.31. The Hall–Kier alpha value is -1.80. The molecule has 0 amide bonds. The highest BCUT2D eigenvalue weighted by Gasteiger charge is 2.05. The lowest BCUT2D eigenvalue weighted by Crippen LogP contribution is -2.25. The summed E-state index contributed by atoms with van der Waals surface area (Å²) in [6.07, 6.45) is 2.00. The van der Waals surface area contributed by atoms with Gasteiger partial charge in [0.15, 0.2) is 0 Å². The highest BCUT2D eigenvalue weighted by atomic mass is 16.5. The summed E-state index contributed by atoms with van der Waals surface area (Å²) in [6.45, 7) is 2.64. The lowest BCUT2D eigenvalue weighted by molar-refractivity contribution is 0.205. The lowest BCUT2D eigenvalue weighted by atomic mass is 10.1. The first-order valence-corrected chi connectivity index (χ1v) is 6.81. The Kier molecular flexibility index (Phi) is 4.99. The number of hydrogen-bond donors (Lipinski definition) is 1. The van der Waals surface area contributed by atoms with Crippen molar-refractivity contribution < 1.29 is 4.74 Å². The molecule has 0 fully saturated rings. The van der Waals surface area contributed by atoms with E-state index in [2.05, 4.69) is 43.3 Å². The van der Waals surface area contributed by atoms with Crippen LogP contribution < -0.4 is 10.5 Å². The van der Waals surface area contributed by atoms with Gasteiger partial charge in [-0.05, 0) is 36.1 Å². The van der Waals surface area contributed by atoms with Crippen molar-refractivity contribution in [3.05, 3.63) is 65.7 Å². The predicted octanol–water partition coefficient (Wildman–Crippen LogP) is 3.39. The standard InChI is InChI=1S/C17H21NO/c1-2-16(13-18)19-17-10-8-15(9-11-17)12-14-6-4-3-5-7-14/h3-11,16H,2,12-13,18H2,1H3. The molecule has 0 saturated carbocycles. The van der Waals surface area contributed by atoms with Crippen LogP contribution in [0.4, 0.5) is 0 Å². The average Bonchev–Trinajstić information content (AvgIpc) is 2.47. The van der Waals surface area contributed by atoms with E-state index >= 15 is 0 Å². The topological polar surface area (TPSA) is 35.2 Å². The zero-order valence-electron chi connectivity index (χ0n) is 11.4. The van der Waals surface area contributed by atoms with E-state index in [1.807, 2.05) is 18.2 Å². The first-order valence-electron chi connectivity index (χ1n) is 6.81. The fourth-order valence-corrected chi connectivity index (χ4v) is 2.01. The Labute approximate surface area is 115 Å². The molecule has 19 heavy (non-hydrogen) atoms. The molecular weight excluding hydrogens is 234 g/mol. The molecule has 0 radical (unpaired) electrons. The van der Waals surface area contributed by atoms with E-state index in [1.165, 1.54) is 11.1 Å². The van der Waals surface area contributed by atoms with E-state index in [9.17, 15) is 0 Å². The van der Waals surface area contributed by atoms with Crippen LogP contribution in [0.25, 0.3) is 0 Å². The smallest absolute Gasteiger partial charge is 0.119 e. The van der Waals surface area contributed by atoms with Crippen molar-refractivity contribution in [2.45, 2.75) is 25.9 Å². The predicted molar refractivity (Wildman–Crippen MR) is 79.5 cm³/mol. The molecule has 0 spiro atoms. The van der Waals surface area contributed by atoms with Crippen LogP contribution in [-0.2, 0) is 6.42 Å². The minimum Gasteiger partial charge on any atom is -0.489 e. The van der Waals surface area contributed by atoms with Gasteiger partial charge in [-0.3, -0.25) is 0 Å². The second-order valence-electron chi connectivity index (χ2n) is 4.69. The van der Waals surface area contributed by atoms with Crippen LogP contribution in [0.1, 0.15) is 24.5 Å². The van der Waals surface area contributed by atoms with Gasteiger partial charge in [-0.25, -0.2) is 0 Å². The van der Waals surface area contributed by atoms with Gasteiger partial charge in [0.1, 0.15) is 11.9 Å². The molecule has 0 aliphatic rings. The van der Waals surface area contributed by atoms with Crippen molar-refractivity contribution >= 4 is 0 Å². The zero-order valence-corrected chi connectivity index (χ0v) is 11.4. The summed E-state index contributed by atoms with van der Waals surface area (Å²) in [6, 6.07) is 18.8. The van der Waals surface area contributed by atoms with Crippen molar-refractivity contribution in [1.82, 2.24) is 0 Å². The molecule has 2 rings (SSSR count). The van der Waals surface area contributed by atoms with Crippen LogP contribution in [0.15, 0.2) is 54.6 Å². The molecule has 0 aromatic heterocycles. The fraction of sp³-hybridized carbons (Fsp3) is 0.294. The summed E-state index contributed by atoms with van der Waals surface area (Å²) < 4.78 is 5.79. The Morgan fingerprint density at radius 3 is 2.16 bits per heavy atom. The lowest BCUT2D eigenvalue weighted by Gasteiger charge is -2.15. The van der Waals surface area contributed by atoms with Gasteiger partial charge < -0.3 is 10.5 Å². The molecule has 2 N–H and O–H groups in total. The second kappa shape index (κ2) is 6.95. The molecule has 0 aliphatic carbocycles. The average molecular weight is 255 g/mol. The van der Waals surface area contributed by atoms with Gasteiger partial charge >= 0.3 is 0 Å². The number of nitrogens with two attached hydrogens (primary N) is 1. The SMILES string of the molecule is CCC(CN)Oc1ccc(Cc2ccccc2)cc1. The largest absolute Gasteiger partial charge is 0.489 e. The van der Waals surface area contributed by atoms with E-state index in [4.69, 9.17) is 10.5 Å². The molecule has 2 heteroatoms. The summed E-state index contributed by atoms with van der Waals surface area (Å²) in [5.74, 6) is 0.897. The maximum Gasteiger partial charge on any atom is 0.119 e. The minimum absolute atomic E-state index is 0.111. The van der Waals surface area contributed by atoms with Crippen LogP contribution >= 0.6 is 0 Å². The van der Waals surface area contributed by atoms with Gasteiger partial charge in [-0.15, -0.1) is 0 Å². The van der Waals surface area contributed by atoms with Gasteiger partial charge in [-0.1, -0.05) is 49.4 Å². The third-order valence-corrected chi connectivity index (χ3v) is 3.20. The number of benzene rings is 2. The molecule has 1 atom stereocenters. The van der Waals surface area contributed by atoms with Gasteiger partial charge in [0.25, 0.3) is 0 Å². The van der Waals surface area contributed by atoms with Crippen molar-refractivity contribution in [2.24, 2.45) is 5.73 Å². The molecule has 100 valence electrons. The van der Waals surface area contributed by atoms with Crippen LogP contribution in [0.2, 0.25) is 0 Å². The first kappa shape index (κ1) is 13.6. The number of rotatable bonds is 6. The van der Waals surface area contributed by atoms with Gasteiger partial charge in [0.2, 0.25) is 0 Å². The Bertz CT molecular complexity index is 474. The van der Waals surface area contributed by atoms with E-state index in [0.29, 0.717) is 6.54 Å². The van der Waals surface area contributed by atoms with E-state index < -0.39 is 0 Å². The summed E-state index contributed by atoms with van der Waals surface area (Å²) in [4.78, 5) is 0. The monoisotopic (exact) mass is 255 g/mol. The molecule has 0 heterocycles. The van der Waals surface area contributed by atoms with E-state index in [0.717, 1.165) is 18.6 Å². The number of hydrogen-bond acceptors (Lipinski definition) is 2. The minimum atomic E-state index is 0.111. The quantitative estimate of drug-likeness (QED) is 0.858. The van der Waals surface area contributed by atoms with Crippen LogP contribution in [0.5, 0.6) is 5.75 Å². The molecule has 2 aromatic rings. The summed E-state index contributed by atoms with van der Waals surface area (Å²) in [5.41, 5.74) is 8.25. The molecule has 0 bridgehead atoms. The zero-order chi connectivity index (χ0) is 13.5. The second-order valence-corrected chi connectivity index (χ2v) is 4.69. The Balaban J connectivity index is 1.98. The summed E-state index contributed by atoms with van der Waals surface area (Å²) in [5, 5.41) is 0. The Morgan fingerprint density at radius 2 is 1.58 bits per heavy atom. The normalized spacial score (nSPS) is 12.1. The Morgan fingerprint density at radius 1 is 0.947 bits per heavy atom. The fourth-order valence-electron chi connectivity index (χ4n) is 2.01. The maximum absolute atomic E-state index is 5.79. The molecule has 0 saturated heterocycles. The summed E-state index contributed by atoms with van der Waals surface area (Å²) >= 11 is 0. The van der Waals surface area contributed by atoms with Crippen LogP contribution in [-0.4, -0.2) is 12.6 Å². The van der Waals surface area contributed by atoms with Crippen LogP contribution in [0, 0.1) is 0 Å². The third-order valence-electron chi connectivity index (χ3n) is 3.20. The van der Waals surface area contributed by atoms with E-state index in [1.54, 1.807) is 0 Å². The highest BCUT2D eigenvalue weighted by molar-refractivity contribution is 5.31. The van der Waals surface area contributed by atoms with Crippen molar-refractivity contribution in [3.63, 3.8) is 0 Å². The van der Waals surface area contributed by atoms with E-state index in [-0.39, 0.29) is 6.10 Å². The van der Waals surface area contributed by atoms with Crippen LogP contribution in [0.3, 0.4) is 0 Å². The molecule has 0 aliphatic heterocycles. The third kappa shape index (κ3) is 4.11. The van der Waals surface area contributed by atoms with Gasteiger partial charge in [-0.2, -0.15) is 0 Å².